The van der Waals surface area contributed by atoms with Crippen LogP contribution < -0.4 is 0 Å². The normalized spacial score (nSPS) is 13.2. The highest BCUT2D eigenvalue weighted by Gasteiger charge is 2.06. The van der Waals surface area contributed by atoms with Crippen LogP contribution in [0, 0.1) is 0 Å². The third-order valence-electron chi connectivity index (χ3n) is 4.16. The Bertz CT molecular complexity index is 269. The fourth-order valence-corrected chi connectivity index (χ4v) is 2.88. The second kappa shape index (κ2) is 19.9. The van der Waals surface area contributed by atoms with Crippen molar-refractivity contribution in [2.24, 2.45) is 0 Å². The van der Waals surface area contributed by atoms with Crippen molar-refractivity contribution >= 4 is 0 Å². The van der Waals surface area contributed by atoms with Gasteiger partial charge in [-0.3, -0.25) is 0 Å². The molecule has 0 aromatic heterocycles. The van der Waals surface area contributed by atoms with E-state index in [1.54, 1.807) is 7.11 Å². The molecule has 0 aliphatic rings. The van der Waals surface area contributed by atoms with Crippen LogP contribution in [-0.2, 0) is 19.2 Å². The van der Waals surface area contributed by atoms with Crippen LogP contribution in [0.3, 0.4) is 0 Å². The Balaban J connectivity index is 3.46. The van der Waals surface area contributed by atoms with E-state index < -0.39 is 0 Å². The molecular formula is C21H42O4. The molecule has 0 saturated carbocycles. The van der Waals surface area contributed by atoms with Crippen molar-refractivity contribution in [3.8, 4) is 0 Å². The summed E-state index contributed by atoms with van der Waals surface area (Å²) in [6.45, 7) is 7.67. The quantitative estimate of drug-likeness (QED) is 0.0905. The molecule has 0 bridgehead atoms. The molecule has 0 aromatic rings. The van der Waals surface area contributed by atoms with Gasteiger partial charge >= 0.3 is 0 Å². The molecule has 0 radical (unpaired) electrons. The van der Waals surface area contributed by atoms with Crippen molar-refractivity contribution in [1.82, 2.24) is 0 Å². The van der Waals surface area contributed by atoms with Gasteiger partial charge in [0.25, 0.3) is 0 Å². The highest BCUT2D eigenvalue weighted by molar-refractivity contribution is 4.88. The van der Waals surface area contributed by atoms with Crippen molar-refractivity contribution in [3.05, 3.63) is 12.2 Å². The molecule has 25 heavy (non-hydrogen) atoms. The van der Waals surface area contributed by atoms with Gasteiger partial charge < -0.3 is 9.47 Å². The second-order valence-corrected chi connectivity index (χ2v) is 6.41. The summed E-state index contributed by atoms with van der Waals surface area (Å²) in [6.07, 6.45) is 17.8. The summed E-state index contributed by atoms with van der Waals surface area (Å²) in [6, 6.07) is 0. The van der Waals surface area contributed by atoms with Gasteiger partial charge in [0, 0.05) is 13.2 Å². The van der Waals surface area contributed by atoms with Crippen LogP contribution in [-0.4, -0.2) is 32.7 Å². The molecule has 0 fully saturated rings. The average molecular weight is 359 g/mol. The first-order valence-corrected chi connectivity index (χ1v) is 10.4. The Kier molecular flexibility index (Phi) is 19.6. The van der Waals surface area contributed by atoms with Crippen LogP contribution in [0.5, 0.6) is 0 Å². The molecule has 0 saturated heterocycles. The van der Waals surface area contributed by atoms with Gasteiger partial charge in [-0.25, -0.2) is 9.78 Å². The predicted octanol–water partition coefficient (Wildman–Crippen LogP) is 6.20. The first kappa shape index (κ1) is 24.6. The molecule has 0 spiro atoms. The fraction of sp³-hybridized carbons (Fsp3) is 0.905. The summed E-state index contributed by atoms with van der Waals surface area (Å²) in [7, 11) is 1.57. The average Bonchev–Trinajstić information content (AvgIpc) is 2.60. The zero-order chi connectivity index (χ0) is 18.6. The molecule has 150 valence electrons. The molecular weight excluding hydrogens is 316 g/mol. The third-order valence-corrected chi connectivity index (χ3v) is 4.16. The summed E-state index contributed by atoms with van der Waals surface area (Å²) in [5.41, 5.74) is 0. The molecule has 1 unspecified atom stereocenters. The number of rotatable bonds is 19. The number of allylic oxidation sites excluding steroid dienone is 1. The Morgan fingerprint density at radius 1 is 0.760 bits per heavy atom. The molecule has 0 rings (SSSR count). The minimum absolute atomic E-state index is 0.000379. The third kappa shape index (κ3) is 16.8. The largest absolute Gasteiger partial charge is 0.353 e. The zero-order valence-corrected chi connectivity index (χ0v) is 17.1. The maximum atomic E-state index is 5.57. The minimum atomic E-state index is 0.000379. The Morgan fingerprint density at radius 3 is 1.92 bits per heavy atom. The van der Waals surface area contributed by atoms with Crippen LogP contribution in [0.1, 0.15) is 91.4 Å². The van der Waals surface area contributed by atoms with Crippen molar-refractivity contribution in [2.75, 3.05) is 20.3 Å². The lowest BCUT2D eigenvalue weighted by atomic mass is 10.1. The van der Waals surface area contributed by atoms with Gasteiger partial charge in [0.05, 0.1) is 7.11 Å². The maximum absolute atomic E-state index is 5.57. The lowest BCUT2D eigenvalue weighted by Crippen LogP contribution is -2.17. The number of hydrogen-bond acceptors (Lipinski definition) is 4. The van der Waals surface area contributed by atoms with Crippen LogP contribution in [0.15, 0.2) is 12.2 Å². The van der Waals surface area contributed by atoms with Crippen molar-refractivity contribution in [2.45, 2.75) is 104 Å². The van der Waals surface area contributed by atoms with E-state index in [0.29, 0.717) is 0 Å². The fourth-order valence-electron chi connectivity index (χ4n) is 2.88. The van der Waals surface area contributed by atoms with Gasteiger partial charge in [-0.15, -0.1) is 0 Å². The highest BCUT2D eigenvalue weighted by Crippen LogP contribution is 2.13. The smallest absolute Gasteiger partial charge is 0.157 e. The first-order chi connectivity index (χ1) is 12.3. The van der Waals surface area contributed by atoms with Crippen molar-refractivity contribution < 1.29 is 19.2 Å². The monoisotopic (exact) mass is 358 g/mol. The molecule has 0 N–H and O–H groups in total. The molecule has 1 atom stereocenters. The number of hydrogen-bond donors (Lipinski definition) is 0. The number of ether oxygens (including phenoxy) is 2. The lowest BCUT2D eigenvalue weighted by molar-refractivity contribution is -0.294. The van der Waals surface area contributed by atoms with E-state index in [1.165, 1.54) is 44.9 Å². The Labute approximate surface area is 156 Å². The summed E-state index contributed by atoms with van der Waals surface area (Å²) in [4.78, 5) is 9.98. The Morgan fingerprint density at radius 2 is 1.36 bits per heavy atom. The van der Waals surface area contributed by atoms with Gasteiger partial charge in [-0.05, 0) is 46.0 Å². The Hall–Kier alpha value is -0.420. The van der Waals surface area contributed by atoms with Crippen LogP contribution in [0.2, 0.25) is 0 Å². The topological polar surface area (TPSA) is 36.9 Å². The summed E-state index contributed by atoms with van der Waals surface area (Å²) in [5.74, 6) is 0. The molecule has 0 heterocycles. The summed E-state index contributed by atoms with van der Waals surface area (Å²) >= 11 is 0. The van der Waals surface area contributed by atoms with Gasteiger partial charge in [-0.1, -0.05) is 57.6 Å². The highest BCUT2D eigenvalue weighted by atomic mass is 17.2. The molecule has 4 nitrogen and oxygen atoms in total. The first-order valence-electron chi connectivity index (χ1n) is 10.4. The summed E-state index contributed by atoms with van der Waals surface area (Å²) in [5, 5.41) is 0. The lowest BCUT2D eigenvalue weighted by Gasteiger charge is -2.16. The molecule has 0 amide bonds. The molecule has 0 aliphatic carbocycles. The van der Waals surface area contributed by atoms with E-state index in [-0.39, 0.29) is 12.4 Å². The minimum Gasteiger partial charge on any atom is -0.353 e. The SMILES string of the molecule is CCCC(C=CCCCCCCCCCC(OCC)OCC)OOC. The van der Waals surface area contributed by atoms with Gasteiger partial charge in [0.1, 0.15) is 6.10 Å². The van der Waals surface area contributed by atoms with E-state index >= 15 is 0 Å². The maximum Gasteiger partial charge on any atom is 0.157 e. The van der Waals surface area contributed by atoms with Gasteiger partial charge in [0.2, 0.25) is 0 Å². The van der Waals surface area contributed by atoms with E-state index in [4.69, 9.17) is 19.2 Å². The second-order valence-electron chi connectivity index (χ2n) is 6.41. The molecule has 4 heteroatoms. The van der Waals surface area contributed by atoms with E-state index in [0.717, 1.165) is 38.9 Å². The molecule has 0 aliphatic heterocycles. The van der Waals surface area contributed by atoms with Gasteiger partial charge in [0.15, 0.2) is 6.29 Å². The van der Waals surface area contributed by atoms with E-state index in [2.05, 4.69) is 19.1 Å². The zero-order valence-electron chi connectivity index (χ0n) is 17.1. The number of unbranched alkanes of at least 4 members (excludes halogenated alkanes) is 7. The summed E-state index contributed by atoms with van der Waals surface area (Å²) < 4.78 is 11.1. The van der Waals surface area contributed by atoms with Crippen molar-refractivity contribution in [1.29, 1.82) is 0 Å². The standard InChI is InChI=1S/C21H42O4/c1-5-17-20(25-22-4)18-15-13-11-9-8-10-12-14-16-19-21(23-6-2)24-7-3/h15,18,20-21H,5-14,16-17,19H2,1-4H3. The van der Waals surface area contributed by atoms with Crippen LogP contribution in [0.4, 0.5) is 0 Å². The van der Waals surface area contributed by atoms with E-state index in [1.807, 2.05) is 13.8 Å². The van der Waals surface area contributed by atoms with Crippen LogP contribution >= 0.6 is 0 Å². The van der Waals surface area contributed by atoms with Crippen LogP contribution in [0.25, 0.3) is 0 Å². The van der Waals surface area contributed by atoms with Gasteiger partial charge in [-0.2, -0.15) is 0 Å². The predicted molar refractivity (Wildman–Crippen MR) is 105 cm³/mol. The van der Waals surface area contributed by atoms with Crippen molar-refractivity contribution in [3.63, 3.8) is 0 Å². The van der Waals surface area contributed by atoms with E-state index in [9.17, 15) is 0 Å². The molecule has 0 aromatic carbocycles.